The second-order valence-electron chi connectivity index (χ2n) is 3.75. The van der Waals surface area contributed by atoms with Gasteiger partial charge in [0.2, 0.25) is 0 Å². The van der Waals surface area contributed by atoms with Crippen LogP contribution in [0.4, 0.5) is 0 Å². The summed E-state index contributed by atoms with van der Waals surface area (Å²) in [5, 5.41) is 21.2. The quantitative estimate of drug-likeness (QED) is 0.341. The third kappa shape index (κ3) is 2.73. The molecule has 5 heteroatoms. The first-order valence-corrected chi connectivity index (χ1v) is 4.74. The van der Waals surface area contributed by atoms with Gasteiger partial charge in [-0.05, 0) is 25.5 Å². The zero-order valence-corrected chi connectivity index (χ0v) is 9.28. The van der Waals surface area contributed by atoms with E-state index in [-0.39, 0.29) is 5.17 Å². The summed E-state index contributed by atoms with van der Waals surface area (Å²) in [4.78, 5) is 0. The summed E-state index contributed by atoms with van der Waals surface area (Å²) in [6.07, 6.45) is 0. The van der Waals surface area contributed by atoms with Crippen molar-refractivity contribution in [3.63, 3.8) is 0 Å². The second kappa shape index (κ2) is 4.25. The average Bonchev–Trinajstić information content (AvgIpc) is 2.15. The van der Waals surface area contributed by atoms with Crippen molar-refractivity contribution < 1.29 is 10.3 Å². The SMILES string of the molecule is [B]c1ccc(/C(Cl)=N/O)cc1C(C)(C)O. The van der Waals surface area contributed by atoms with E-state index in [1.54, 1.807) is 32.0 Å². The van der Waals surface area contributed by atoms with Gasteiger partial charge in [-0.2, -0.15) is 0 Å². The average molecular weight is 223 g/mol. The minimum atomic E-state index is -1.06. The molecule has 0 aliphatic rings. The highest BCUT2D eigenvalue weighted by Crippen LogP contribution is 2.19. The number of nitrogens with zero attached hydrogens (tertiary/aromatic N) is 1. The fraction of sp³-hybridized carbons (Fsp3) is 0.300. The number of rotatable bonds is 2. The molecule has 0 unspecified atom stereocenters. The first-order chi connectivity index (χ1) is 6.86. The van der Waals surface area contributed by atoms with Crippen LogP contribution in [0.5, 0.6) is 0 Å². The van der Waals surface area contributed by atoms with Crippen molar-refractivity contribution in [2.24, 2.45) is 5.16 Å². The lowest BCUT2D eigenvalue weighted by Gasteiger charge is -2.21. The molecule has 0 saturated heterocycles. The van der Waals surface area contributed by atoms with Gasteiger partial charge in [0.15, 0.2) is 5.17 Å². The second-order valence-corrected chi connectivity index (χ2v) is 4.11. The summed E-state index contributed by atoms with van der Waals surface area (Å²) in [6.45, 7) is 3.24. The fourth-order valence-electron chi connectivity index (χ4n) is 1.27. The van der Waals surface area contributed by atoms with Crippen molar-refractivity contribution in [3.8, 4) is 0 Å². The van der Waals surface area contributed by atoms with Crippen molar-refractivity contribution in [1.29, 1.82) is 0 Å². The summed E-state index contributed by atoms with van der Waals surface area (Å²) in [5.74, 6) is 0. The molecule has 3 nitrogen and oxygen atoms in total. The zero-order chi connectivity index (χ0) is 11.6. The van der Waals surface area contributed by atoms with Gasteiger partial charge in [-0.1, -0.05) is 34.4 Å². The summed E-state index contributed by atoms with van der Waals surface area (Å²) >= 11 is 5.64. The molecule has 78 valence electrons. The summed E-state index contributed by atoms with van der Waals surface area (Å²) in [6, 6.07) is 4.82. The van der Waals surface area contributed by atoms with Gasteiger partial charge in [0.05, 0.1) is 5.60 Å². The van der Waals surface area contributed by atoms with Crippen LogP contribution in [-0.2, 0) is 5.60 Å². The van der Waals surface area contributed by atoms with Crippen molar-refractivity contribution >= 4 is 30.1 Å². The van der Waals surface area contributed by atoms with Gasteiger partial charge in [-0.3, -0.25) is 0 Å². The summed E-state index contributed by atoms with van der Waals surface area (Å²) < 4.78 is 0. The van der Waals surface area contributed by atoms with Gasteiger partial charge in [0.1, 0.15) is 7.85 Å². The number of oxime groups is 1. The van der Waals surface area contributed by atoms with E-state index in [4.69, 9.17) is 24.7 Å². The van der Waals surface area contributed by atoms with Crippen LogP contribution in [0.1, 0.15) is 25.0 Å². The lowest BCUT2D eigenvalue weighted by atomic mass is 9.82. The third-order valence-corrected chi connectivity index (χ3v) is 2.33. The Balaban J connectivity index is 3.29. The molecule has 1 rings (SSSR count). The highest BCUT2D eigenvalue weighted by atomic mass is 35.5. The monoisotopic (exact) mass is 223 g/mol. The first kappa shape index (κ1) is 12.1. The third-order valence-electron chi connectivity index (χ3n) is 2.04. The molecule has 0 atom stereocenters. The van der Waals surface area contributed by atoms with Crippen LogP contribution in [0.2, 0.25) is 0 Å². The van der Waals surface area contributed by atoms with Crippen molar-refractivity contribution in [2.45, 2.75) is 19.4 Å². The Bertz CT molecular complexity index is 399. The topological polar surface area (TPSA) is 52.8 Å². The predicted octanol–water partition coefficient (Wildman–Crippen LogP) is 1.08. The molecular formula is C10H11BClNO2. The Morgan fingerprint density at radius 2 is 2.07 bits per heavy atom. The Morgan fingerprint density at radius 1 is 1.47 bits per heavy atom. The highest BCUT2D eigenvalue weighted by molar-refractivity contribution is 6.69. The van der Waals surface area contributed by atoms with Gasteiger partial charge < -0.3 is 10.3 Å². The van der Waals surface area contributed by atoms with Gasteiger partial charge in [-0.15, -0.1) is 0 Å². The van der Waals surface area contributed by atoms with Gasteiger partial charge in [0, 0.05) is 5.56 Å². The molecule has 0 fully saturated rings. The normalized spacial score (nSPS) is 12.9. The number of hydrogen-bond donors (Lipinski definition) is 2. The lowest BCUT2D eigenvalue weighted by molar-refractivity contribution is 0.0797. The van der Waals surface area contributed by atoms with E-state index in [1.807, 2.05) is 0 Å². The molecule has 0 aliphatic heterocycles. The molecule has 1 aromatic carbocycles. The highest BCUT2D eigenvalue weighted by Gasteiger charge is 2.19. The smallest absolute Gasteiger partial charge is 0.175 e. The molecule has 0 amide bonds. The van der Waals surface area contributed by atoms with Crippen LogP contribution < -0.4 is 5.46 Å². The molecule has 15 heavy (non-hydrogen) atoms. The number of halogens is 1. The lowest BCUT2D eigenvalue weighted by Crippen LogP contribution is -2.26. The van der Waals surface area contributed by atoms with Crippen LogP contribution in [-0.4, -0.2) is 23.3 Å². The van der Waals surface area contributed by atoms with E-state index >= 15 is 0 Å². The molecular weight excluding hydrogens is 212 g/mol. The standard InChI is InChI=1S/C10H11BClNO2/c1-10(2,14)7-5-6(9(12)13-15)3-4-8(7)11/h3-5,14-15H,1-2H3/b13-9-. The Morgan fingerprint density at radius 3 is 2.53 bits per heavy atom. The van der Waals surface area contributed by atoms with Crippen LogP contribution in [0.25, 0.3) is 0 Å². The van der Waals surface area contributed by atoms with Crippen LogP contribution >= 0.6 is 11.6 Å². The zero-order valence-electron chi connectivity index (χ0n) is 8.53. The predicted molar refractivity (Wildman–Crippen MR) is 61.3 cm³/mol. The summed E-state index contributed by atoms with van der Waals surface area (Å²) in [7, 11) is 5.71. The van der Waals surface area contributed by atoms with Crippen LogP contribution in [0.15, 0.2) is 23.4 Å². The van der Waals surface area contributed by atoms with E-state index in [9.17, 15) is 5.11 Å². The maximum Gasteiger partial charge on any atom is 0.175 e. The Labute approximate surface area is 94.8 Å². The minimum Gasteiger partial charge on any atom is -0.410 e. The van der Waals surface area contributed by atoms with Crippen LogP contribution in [0.3, 0.4) is 0 Å². The largest absolute Gasteiger partial charge is 0.410 e. The maximum atomic E-state index is 9.82. The number of aliphatic hydroxyl groups is 1. The Kier molecular flexibility index (Phi) is 3.42. The first-order valence-electron chi connectivity index (χ1n) is 4.36. The van der Waals surface area contributed by atoms with E-state index < -0.39 is 5.60 Å². The van der Waals surface area contributed by atoms with Gasteiger partial charge in [-0.25, -0.2) is 0 Å². The Hall–Kier alpha value is -0.995. The molecule has 0 saturated carbocycles. The molecule has 2 radical (unpaired) electrons. The van der Waals surface area contributed by atoms with Crippen LogP contribution in [0, 0.1) is 0 Å². The minimum absolute atomic E-state index is 0.0412. The molecule has 0 heterocycles. The molecule has 1 aromatic rings. The molecule has 0 aromatic heterocycles. The van der Waals surface area contributed by atoms with E-state index in [1.165, 1.54) is 0 Å². The number of benzene rings is 1. The molecule has 2 N–H and O–H groups in total. The van der Waals surface area contributed by atoms with E-state index in [2.05, 4.69) is 5.16 Å². The maximum absolute atomic E-state index is 9.82. The van der Waals surface area contributed by atoms with Crippen molar-refractivity contribution in [1.82, 2.24) is 0 Å². The van der Waals surface area contributed by atoms with Crippen molar-refractivity contribution in [3.05, 3.63) is 29.3 Å². The summed E-state index contributed by atoms with van der Waals surface area (Å²) in [5.41, 5.74) is 0.452. The molecule has 0 aliphatic carbocycles. The van der Waals surface area contributed by atoms with E-state index in [0.717, 1.165) is 0 Å². The number of hydrogen-bond acceptors (Lipinski definition) is 3. The molecule has 0 spiro atoms. The van der Waals surface area contributed by atoms with Gasteiger partial charge in [0.25, 0.3) is 0 Å². The van der Waals surface area contributed by atoms with Crippen molar-refractivity contribution in [2.75, 3.05) is 0 Å². The van der Waals surface area contributed by atoms with E-state index in [0.29, 0.717) is 16.6 Å². The van der Waals surface area contributed by atoms with Gasteiger partial charge >= 0.3 is 0 Å². The fourth-order valence-corrected chi connectivity index (χ4v) is 1.39. The molecule has 0 bridgehead atoms.